The number of carbonyl (C=O) groups is 1. The molecule has 1 amide bonds. The highest BCUT2D eigenvalue weighted by atomic mass is 19.1. The molecule has 1 heterocycles. The van der Waals surface area contributed by atoms with Gasteiger partial charge in [0.05, 0.1) is 11.3 Å². The molecule has 104 valence electrons. The zero-order chi connectivity index (χ0) is 14.7. The summed E-state index contributed by atoms with van der Waals surface area (Å²) in [4.78, 5) is 15.2. The van der Waals surface area contributed by atoms with Crippen LogP contribution in [0.3, 0.4) is 0 Å². The molecule has 0 atom stereocenters. The van der Waals surface area contributed by atoms with Crippen LogP contribution < -0.4 is 16.8 Å². The predicted molar refractivity (Wildman–Crippen MR) is 75.6 cm³/mol. The summed E-state index contributed by atoms with van der Waals surface area (Å²) < 4.78 is 13.8. The number of nitrogen functional groups attached to an aromatic ring is 1. The van der Waals surface area contributed by atoms with Crippen LogP contribution in [-0.4, -0.2) is 10.9 Å². The third-order valence-corrected chi connectivity index (χ3v) is 3.01. The molecule has 1 aromatic heterocycles. The number of nitrogens with two attached hydrogens (primary N) is 2. The van der Waals surface area contributed by atoms with E-state index in [-0.39, 0.29) is 16.9 Å². The van der Waals surface area contributed by atoms with E-state index in [1.54, 1.807) is 12.4 Å². The van der Waals surface area contributed by atoms with Gasteiger partial charge in [-0.25, -0.2) is 4.39 Å². The molecule has 0 spiro atoms. The first-order chi connectivity index (χ1) is 9.49. The molecule has 2 aromatic rings. The normalized spacial score (nSPS) is 10.3. The van der Waals surface area contributed by atoms with Gasteiger partial charge in [-0.2, -0.15) is 0 Å². The number of aryl methyl sites for hydroxylation is 1. The largest absolute Gasteiger partial charge is 0.398 e. The van der Waals surface area contributed by atoms with Gasteiger partial charge in [-0.1, -0.05) is 0 Å². The lowest BCUT2D eigenvalue weighted by Crippen LogP contribution is -2.15. The fourth-order valence-electron chi connectivity index (χ4n) is 1.83. The Morgan fingerprint density at radius 2 is 2.20 bits per heavy atom. The minimum absolute atomic E-state index is 0.0284. The van der Waals surface area contributed by atoms with Crippen molar-refractivity contribution in [1.82, 2.24) is 4.98 Å². The molecule has 1 aromatic carbocycles. The van der Waals surface area contributed by atoms with Crippen LogP contribution in [0, 0.1) is 12.7 Å². The average Bonchev–Trinajstić information content (AvgIpc) is 2.39. The summed E-state index contributed by atoms with van der Waals surface area (Å²) in [6.45, 7) is 2.32. The van der Waals surface area contributed by atoms with Crippen LogP contribution in [0.1, 0.15) is 21.5 Å². The van der Waals surface area contributed by atoms with Gasteiger partial charge in [0.25, 0.3) is 5.91 Å². The van der Waals surface area contributed by atoms with Gasteiger partial charge in [-0.05, 0) is 36.2 Å². The number of rotatable bonds is 4. The van der Waals surface area contributed by atoms with E-state index in [2.05, 4.69) is 10.3 Å². The number of hydrogen-bond donors (Lipinski definition) is 3. The van der Waals surface area contributed by atoms with E-state index in [9.17, 15) is 9.18 Å². The Morgan fingerprint density at radius 3 is 2.85 bits per heavy atom. The first kappa shape index (κ1) is 13.8. The number of benzene rings is 1. The second-order valence-corrected chi connectivity index (χ2v) is 4.44. The van der Waals surface area contributed by atoms with Crippen molar-refractivity contribution in [3.8, 4) is 0 Å². The van der Waals surface area contributed by atoms with Gasteiger partial charge < -0.3 is 16.8 Å². The van der Waals surface area contributed by atoms with E-state index in [0.717, 1.165) is 17.2 Å². The molecule has 6 heteroatoms. The molecule has 0 fully saturated rings. The van der Waals surface area contributed by atoms with Crippen LogP contribution >= 0.6 is 0 Å². The SMILES string of the molecule is Cc1cnccc1CNc1cc(C(N)=O)c(N)cc1F. The van der Waals surface area contributed by atoms with E-state index in [4.69, 9.17) is 11.5 Å². The van der Waals surface area contributed by atoms with Crippen LogP contribution in [-0.2, 0) is 6.54 Å². The molecule has 0 unspecified atom stereocenters. The first-order valence-electron chi connectivity index (χ1n) is 6.01. The summed E-state index contributed by atoms with van der Waals surface area (Å²) in [5.74, 6) is -1.22. The molecule has 0 radical (unpaired) electrons. The Balaban J connectivity index is 2.24. The molecule has 0 aliphatic heterocycles. The molecular formula is C14H15FN4O. The predicted octanol–water partition coefficient (Wildman–Crippen LogP) is 1.82. The van der Waals surface area contributed by atoms with Crippen molar-refractivity contribution < 1.29 is 9.18 Å². The van der Waals surface area contributed by atoms with Gasteiger partial charge in [0.2, 0.25) is 0 Å². The summed E-state index contributed by atoms with van der Waals surface area (Å²) >= 11 is 0. The minimum Gasteiger partial charge on any atom is -0.398 e. The Hall–Kier alpha value is -2.63. The van der Waals surface area contributed by atoms with E-state index in [1.807, 2.05) is 13.0 Å². The molecule has 2 rings (SSSR count). The summed E-state index contributed by atoms with van der Waals surface area (Å²) in [6.07, 6.45) is 3.39. The van der Waals surface area contributed by atoms with Crippen molar-refractivity contribution >= 4 is 17.3 Å². The molecule has 5 N–H and O–H groups in total. The monoisotopic (exact) mass is 274 g/mol. The van der Waals surface area contributed by atoms with Gasteiger partial charge in [-0.15, -0.1) is 0 Å². The quantitative estimate of drug-likeness (QED) is 0.741. The van der Waals surface area contributed by atoms with Crippen molar-refractivity contribution in [3.63, 3.8) is 0 Å². The third-order valence-electron chi connectivity index (χ3n) is 3.01. The highest BCUT2D eigenvalue weighted by molar-refractivity contribution is 5.99. The maximum atomic E-state index is 13.8. The van der Waals surface area contributed by atoms with Crippen molar-refractivity contribution in [2.75, 3.05) is 11.1 Å². The summed E-state index contributed by atoms with van der Waals surface area (Å²) in [7, 11) is 0. The average molecular weight is 274 g/mol. The second kappa shape index (κ2) is 5.56. The van der Waals surface area contributed by atoms with Gasteiger partial charge >= 0.3 is 0 Å². The van der Waals surface area contributed by atoms with Crippen LogP contribution in [0.15, 0.2) is 30.6 Å². The van der Waals surface area contributed by atoms with Crippen molar-refractivity contribution in [2.45, 2.75) is 13.5 Å². The molecular weight excluding hydrogens is 259 g/mol. The number of hydrogen-bond acceptors (Lipinski definition) is 4. The number of carbonyl (C=O) groups excluding carboxylic acids is 1. The lowest BCUT2D eigenvalue weighted by molar-refractivity contribution is 0.100. The van der Waals surface area contributed by atoms with E-state index >= 15 is 0 Å². The van der Waals surface area contributed by atoms with Crippen LogP contribution in [0.4, 0.5) is 15.8 Å². The van der Waals surface area contributed by atoms with Crippen LogP contribution in [0.25, 0.3) is 0 Å². The van der Waals surface area contributed by atoms with Crippen LogP contribution in [0.2, 0.25) is 0 Å². The molecule has 0 saturated carbocycles. The maximum absolute atomic E-state index is 13.8. The number of amides is 1. The zero-order valence-corrected chi connectivity index (χ0v) is 11.0. The van der Waals surface area contributed by atoms with E-state index in [1.165, 1.54) is 6.07 Å². The second-order valence-electron chi connectivity index (χ2n) is 4.44. The highest BCUT2D eigenvalue weighted by Crippen LogP contribution is 2.22. The first-order valence-corrected chi connectivity index (χ1v) is 6.01. The maximum Gasteiger partial charge on any atom is 0.250 e. The Morgan fingerprint density at radius 1 is 1.45 bits per heavy atom. The number of primary amides is 1. The topological polar surface area (TPSA) is 94.0 Å². The van der Waals surface area contributed by atoms with E-state index < -0.39 is 11.7 Å². The van der Waals surface area contributed by atoms with E-state index in [0.29, 0.717) is 6.54 Å². The van der Waals surface area contributed by atoms with Gasteiger partial charge in [0.15, 0.2) is 0 Å². The standard InChI is InChI=1S/C14H15FN4O/c1-8-6-18-3-2-9(8)7-19-13-4-10(14(17)20)12(16)5-11(13)15/h2-6,19H,7,16H2,1H3,(H2,17,20). The Labute approximate surface area is 115 Å². The third kappa shape index (κ3) is 2.85. The van der Waals surface area contributed by atoms with Crippen molar-refractivity contribution in [2.24, 2.45) is 5.73 Å². The molecule has 5 nitrogen and oxygen atoms in total. The Kier molecular flexibility index (Phi) is 3.84. The fourth-order valence-corrected chi connectivity index (χ4v) is 1.83. The smallest absolute Gasteiger partial charge is 0.250 e. The zero-order valence-electron chi connectivity index (χ0n) is 11.0. The number of nitrogens with zero attached hydrogens (tertiary/aromatic N) is 1. The van der Waals surface area contributed by atoms with Crippen molar-refractivity contribution in [3.05, 3.63) is 53.1 Å². The fraction of sp³-hybridized carbons (Fsp3) is 0.143. The molecule has 0 aliphatic rings. The molecule has 20 heavy (non-hydrogen) atoms. The summed E-state index contributed by atoms with van der Waals surface area (Å²) in [5, 5.41) is 2.93. The Bertz CT molecular complexity index is 658. The molecule has 0 bridgehead atoms. The molecule has 0 aliphatic carbocycles. The number of pyridine rings is 1. The number of aromatic nitrogens is 1. The van der Waals surface area contributed by atoms with Crippen molar-refractivity contribution in [1.29, 1.82) is 0 Å². The number of halogens is 1. The van der Waals surface area contributed by atoms with Gasteiger partial charge in [0.1, 0.15) is 5.82 Å². The van der Waals surface area contributed by atoms with Gasteiger partial charge in [-0.3, -0.25) is 9.78 Å². The van der Waals surface area contributed by atoms with Crippen LogP contribution in [0.5, 0.6) is 0 Å². The lowest BCUT2D eigenvalue weighted by atomic mass is 10.1. The molecule has 0 saturated heterocycles. The highest BCUT2D eigenvalue weighted by Gasteiger charge is 2.11. The summed E-state index contributed by atoms with van der Waals surface area (Å²) in [6, 6.07) is 4.25. The number of nitrogens with one attached hydrogen (secondary N) is 1. The minimum atomic E-state index is -0.689. The number of anilines is 2. The lowest BCUT2D eigenvalue weighted by Gasteiger charge is -2.11. The van der Waals surface area contributed by atoms with Gasteiger partial charge in [0, 0.05) is 24.6 Å². The summed E-state index contributed by atoms with van der Waals surface area (Å²) in [5.41, 5.74) is 13.0.